The third-order valence-corrected chi connectivity index (χ3v) is 1.46. The molecule has 0 aliphatic heterocycles. The van der Waals surface area contributed by atoms with Crippen LogP contribution in [-0.4, -0.2) is 5.78 Å². The van der Waals surface area contributed by atoms with E-state index in [2.05, 4.69) is 6.58 Å². The molecular formula is C9H13NO. The van der Waals surface area contributed by atoms with Gasteiger partial charge in [0, 0.05) is 6.42 Å². The fraction of sp³-hybridized carbons (Fsp3) is 0.556. The largest absolute Gasteiger partial charge is 0.283 e. The summed E-state index contributed by atoms with van der Waals surface area (Å²) in [6.45, 7) is 7.48. The van der Waals surface area contributed by atoms with Crippen molar-refractivity contribution in [1.82, 2.24) is 0 Å². The Balaban J connectivity index is 4.02. The first kappa shape index (κ1) is 9.90. The monoisotopic (exact) mass is 151 g/mol. The van der Waals surface area contributed by atoms with Crippen LogP contribution in [0.4, 0.5) is 0 Å². The van der Waals surface area contributed by atoms with E-state index in [1.54, 1.807) is 12.1 Å². The minimum absolute atomic E-state index is 0.117. The molecule has 0 aliphatic rings. The quantitative estimate of drug-likeness (QED) is 0.456. The van der Waals surface area contributed by atoms with Crippen molar-refractivity contribution < 1.29 is 4.79 Å². The van der Waals surface area contributed by atoms with E-state index < -0.39 is 0 Å². The van der Waals surface area contributed by atoms with Gasteiger partial charge >= 0.3 is 0 Å². The van der Waals surface area contributed by atoms with Gasteiger partial charge in [0.05, 0.1) is 0 Å². The molecule has 0 rings (SSSR count). The number of hydrogen-bond acceptors (Lipinski definition) is 2. The summed E-state index contributed by atoms with van der Waals surface area (Å²) in [6, 6.07) is 1.61. The Labute approximate surface area is 67.5 Å². The number of Topliss-reactive ketones (excluding diaryl/α,β-unsaturated/α-hetero) is 1. The van der Waals surface area contributed by atoms with Gasteiger partial charge in [-0.25, -0.2) is 0 Å². The van der Waals surface area contributed by atoms with Crippen LogP contribution < -0.4 is 0 Å². The highest BCUT2D eigenvalue weighted by Crippen LogP contribution is 2.25. The molecular weight excluding hydrogens is 138 g/mol. The van der Waals surface area contributed by atoms with Gasteiger partial charge in [-0.1, -0.05) is 19.9 Å². The maximum absolute atomic E-state index is 10.7. The number of allylic oxidation sites excluding steroid dienone is 1. The molecule has 0 saturated heterocycles. The van der Waals surface area contributed by atoms with E-state index in [0.717, 1.165) is 6.42 Å². The first-order valence-corrected chi connectivity index (χ1v) is 3.55. The zero-order chi connectivity index (χ0) is 8.91. The molecule has 0 fully saturated rings. The van der Waals surface area contributed by atoms with Crippen molar-refractivity contribution in [2.45, 2.75) is 26.7 Å². The highest BCUT2D eigenvalue weighted by atomic mass is 16.1. The minimum atomic E-state index is -0.350. The van der Waals surface area contributed by atoms with E-state index in [1.165, 1.54) is 0 Å². The third-order valence-electron chi connectivity index (χ3n) is 1.46. The zero-order valence-corrected chi connectivity index (χ0v) is 7.05. The van der Waals surface area contributed by atoms with E-state index in [4.69, 9.17) is 5.26 Å². The van der Waals surface area contributed by atoms with Crippen LogP contribution in [0, 0.1) is 16.7 Å². The Morgan fingerprint density at radius 2 is 2.27 bits per heavy atom. The Hall–Kier alpha value is -1.10. The molecule has 0 unspecified atom stereocenters. The molecule has 0 aromatic rings. The molecule has 0 aromatic heterocycles. The Morgan fingerprint density at radius 1 is 1.73 bits per heavy atom. The Bertz CT molecular complexity index is 198. The van der Waals surface area contributed by atoms with Crippen LogP contribution in [0.25, 0.3) is 0 Å². The van der Waals surface area contributed by atoms with Crippen molar-refractivity contribution in [3.05, 3.63) is 12.7 Å². The van der Waals surface area contributed by atoms with Crippen molar-refractivity contribution >= 4 is 5.78 Å². The molecule has 60 valence electrons. The average molecular weight is 151 g/mol. The van der Waals surface area contributed by atoms with Crippen molar-refractivity contribution in [3.63, 3.8) is 0 Å². The van der Waals surface area contributed by atoms with Gasteiger partial charge in [0.2, 0.25) is 5.78 Å². The van der Waals surface area contributed by atoms with Crippen LogP contribution in [0.15, 0.2) is 12.7 Å². The van der Waals surface area contributed by atoms with Crippen LogP contribution in [0.2, 0.25) is 0 Å². The predicted octanol–water partition coefficient (Wildman–Crippen LogP) is 2.07. The van der Waals surface area contributed by atoms with Gasteiger partial charge in [-0.05, 0) is 11.8 Å². The normalized spacial score (nSPS) is 10.3. The molecule has 0 saturated carbocycles. The summed E-state index contributed by atoms with van der Waals surface area (Å²) in [5, 5.41) is 8.24. The van der Waals surface area contributed by atoms with Crippen molar-refractivity contribution in [3.8, 4) is 6.07 Å². The fourth-order valence-electron chi connectivity index (χ4n) is 0.937. The lowest BCUT2D eigenvalue weighted by atomic mass is 9.84. The summed E-state index contributed by atoms with van der Waals surface area (Å²) in [5.74, 6) is -0.350. The number of rotatable bonds is 4. The maximum atomic E-state index is 10.7. The average Bonchev–Trinajstić information content (AvgIpc) is 1.86. The number of carbonyl (C=O) groups is 1. The summed E-state index contributed by atoms with van der Waals surface area (Å²) < 4.78 is 0. The molecule has 0 amide bonds. The Kier molecular flexibility index (Phi) is 3.53. The van der Waals surface area contributed by atoms with Gasteiger partial charge in [-0.3, -0.25) is 4.79 Å². The first-order valence-electron chi connectivity index (χ1n) is 3.55. The maximum Gasteiger partial charge on any atom is 0.232 e. The van der Waals surface area contributed by atoms with Gasteiger partial charge < -0.3 is 0 Å². The third kappa shape index (κ3) is 4.32. The molecule has 2 heteroatoms. The van der Waals surface area contributed by atoms with E-state index in [-0.39, 0.29) is 11.2 Å². The van der Waals surface area contributed by atoms with Crippen LogP contribution in [0.3, 0.4) is 0 Å². The second kappa shape index (κ2) is 3.92. The summed E-state index contributed by atoms with van der Waals surface area (Å²) >= 11 is 0. The fourth-order valence-corrected chi connectivity index (χ4v) is 0.937. The van der Waals surface area contributed by atoms with Crippen LogP contribution in [0.1, 0.15) is 26.7 Å². The van der Waals surface area contributed by atoms with Gasteiger partial charge in [0.25, 0.3) is 0 Å². The predicted molar refractivity (Wildman–Crippen MR) is 43.8 cm³/mol. The lowest BCUT2D eigenvalue weighted by Gasteiger charge is -2.19. The van der Waals surface area contributed by atoms with Crippen LogP contribution in [-0.2, 0) is 4.79 Å². The van der Waals surface area contributed by atoms with Gasteiger partial charge in [-0.2, -0.15) is 5.26 Å². The van der Waals surface area contributed by atoms with Crippen LogP contribution in [0.5, 0.6) is 0 Å². The molecule has 0 aliphatic carbocycles. The number of carbonyl (C=O) groups excluding carboxylic acids is 1. The molecule has 0 radical (unpaired) electrons. The van der Waals surface area contributed by atoms with E-state index in [0.29, 0.717) is 6.42 Å². The molecule has 0 N–H and O–H groups in total. The van der Waals surface area contributed by atoms with Crippen molar-refractivity contribution in [2.75, 3.05) is 0 Å². The Morgan fingerprint density at radius 3 is 2.64 bits per heavy atom. The summed E-state index contributed by atoms with van der Waals surface area (Å²) in [5.41, 5.74) is -0.117. The molecule has 11 heavy (non-hydrogen) atoms. The lowest BCUT2D eigenvalue weighted by molar-refractivity contribution is -0.115. The second-order valence-electron chi connectivity index (χ2n) is 3.37. The standard InChI is InChI=1S/C9H13NO/c1-4-5-9(2,3)6-8(11)7-10/h4H,1,5-6H2,2-3H3. The molecule has 0 aromatic carbocycles. The molecule has 0 heterocycles. The number of nitriles is 1. The molecule has 0 atom stereocenters. The van der Waals surface area contributed by atoms with Gasteiger partial charge in [0.1, 0.15) is 6.07 Å². The molecule has 0 bridgehead atoms. The zero-order valence-electron chi connectivity index (χ0n) is 7.05. The first-order chi connectivity index (χ1) is 5.02. The molecule has 0 spiro atoms. The number of nitrogens with zero attached hydrogens (tertiary/aromatic N) is 1. The van der Waals surface area contributed by atoms with Crippen molar-refractivity contribution in [1.29, 1.82) is 5.26 Å². The smallest absolute Gasteiger partial charge is 0.232 e. The second-order valence-corrected chi connectivity index (χ2v) is 3.37. The van der Waals surface area contributed by atoms with Gasteiger partial charge in [0.15, 0.2) is 0 Å². The van der Waals surface area contributed by atoms with Crippen molar-refractivity contribution in [2.24, 2.45) is 5.41 Å². The minimum Gasteiger partial charge on any atom is -0.283 e. The topological polar surface area (TPSA) is 40.9 Å². The SMILES string of the molecule is C=CCC(C)(C)CC(=O)C#N. The van der Waals surface area contributed by atoms with E-state index >= 15 is 0 Å². The van der Waals surface area contributed by atoms with E-state index in [9.17, 15) is 4.79 Å². The lowest BCUT2D eigenvalue weighted by Crippen LogP contribution is -2.14. The summed E-state index contributed by atoms with van der Waals surface area (Å²) in [4.78, 5) is 10.7. The number of hydrogen-bond donors (Lipinski definition) is 0. The highest BCUT2D eigenvalue weighted by Gasteiger charge is 2.19. The summed E-state index contributed by atoms with van der Waals surface area (Å²) in [7, 11) is 0. The molecule has 2 nitrogen and oxygen atoms in total. The van der Waals surface area contributed by atoms with Crippen LogP contribution >= 0.6 is 0 Å². The van der Waals surface area contributed by atoms with E-state index in [1.807, 2.05) is 13.8 Å². The van der Waals surface area contributed by atoms with Gasteiger partial charge in [-0.15, -0.1) is 6.58 Å². The summed E-state index contributed by atoms with van der Waals surface area (Å²) in [6.07, 6.45) is 2.85. The highest BCUT2D eigenvalue weighted by molar-refractivity contribution is 5.93. The number of ketones is 1.